The van der Waals surface area contributed by atoms with Crippen molar-refractivity contribution >= 4 is 23.7 Å². The summed E-state index contributed by atoms with van der Waals surface area (Å²) < 4.78 is 2.20. The van der Waals surface area contributed by atoms with Gasteiger partial charge >= 0.3 is 0 Å². The van der Waals surface area contributed by atoms with Crippen LogP contribution in [0.25, 0.3) is 11.0 Å². The SMILES string of the molecule is C=C(C)Cn1c(CS)nc2cc(CC)ccc21. The van der Waals surface area contributed by atoms with E-state index in [0.717, 1.165) is 29.9 Å². The van der Waals surface area contributed by atoms with Crippen molar-refractivity contribution in [2.24, 2.45) is 0 Å². The van der Waals surface area contributed by atoms with Crippen molar-refractivity contribution in [2.75, 3.05) is 0 Å². The Morgan fingerprint density at radius 2 is 2.24 bits per heavy atom. The minimum Gasteiger partial charge on any atom is -0.323 e. The molecule has 0 atom stereocenters. The summed E-state index contributed by atoms with van der Waals surface area (Å²) in [5.41, 5.74) is 4.69. The number of imidazole rings is 1. The monoisotopic (exact) mass is 246 g/mol. The summed E-state index contributed by atoms with van der Waals surface area (Å²) in [6.07, 6.45) is 1.04. The zero-order chi connectivity index (χ0) is 12.4. The molecule has 2 nitrogen and oxygen atoms in total. The third-order valence-electron chi connectivity index (χ3n) is 2.87. The molecule has 0 bridgehead atoms. The Hall–Kier alpha value is -1.22. The molecule has 0 spiro atoms. The van der Waals surface area contributed by atoms with Crippen LogP contribution in [-0.4, -0.2) is 9.55 Å². The van der Waals surface area contributed by atoms with Gasteiger partial charge in [0, 0.05) is 12.3 Å². The second-order valence-electron chi connectivity index (χ2n) is 4.41. The van der Waals surface area contributed by atoms with Crippen molar-refractivity contribution < 1.29 is 0 Å². The molecule has 2 rings (SSSR count). The molecule has 0 aliphatic carbocycles. The second kappa shape index (κ2) is 4.96. The first-order valence-corrected chi connectivity index (χ1v) is 6.52. The van der Waals surface area contributed by atoms with Crippen LogP contribution >= 0.6 is 12.6 Å². The Labute approximate surface area is 108 Å². The summed E-state index contributed by atoms with van der Waals surface area (Å²) in [5, 5.41) is 0. The Morgan fingerprint density at radius 3 is 2.82 bits per heavy atom. The highest BCUT2D eigenvalue weighted by molar-refractivity contribution is 7.79. The van der Waals surface area contributed by atoms with Gasteiger partial charge in [0.15, 0.2) is 0 Å². The fraction of sp³-hybridized carbons (Fsp3) is 0.357. The molecule has 0 fully saturated rings. The van der Waals surface area contributed by atoms with Crippen LogP contribution in [0, 0.1) is 0 Å². The molecule has 0 unspecified atom stereocenters. The van der Waals surface area contributed by atoms with Crippen molar-refractivity contribution in [2.45, 2.75) is 32.6 Å². The van der Waals surface area contributed by atoms with E-state index in [-0.39, 0.29) is 0 Å². The van der Waals surface area contributed by atoms with Crippen LogP contribution in [0.2, 0.25) is 0 Å². The molecule has 0 saturated carbocycles. The van der Waals surface area contributed by atoms with Gasteiger partial charge in [0.25, 0.3) is 0 Å². The van der Waals surface area contributed by atoms with Gasteiger partial charge in [-0.1, -0.05) is 25.1 Å². The summed E-state index contributed by atoms with van der Waals surface area (Å²) >= 11 is 4.35. The van der Waals surface area contributed by atoms with Crippen molar-refractivity contribution in [1.29, 1.82) is 0 Å². The van der Waals surface area contributed by atoms with Crippen LogP contribution in [0.1, 0.15) is 25.2 Å². The number of allylic oxidation sites excluding steroid dienone is 1. The van der Waals surface area contributed by atoms with Gasteiger partial charge in [-0.3, -0.25) is 0 Å². The molecule has 0 amide bonds. The van der Waals surface area contributed by atoms with E-state index >= 15 is 0 Å². The topological polar surface area (TPSA) is 17.8 Å². The normalized spacial score (nSPS) is 11.0. The lowest BCUT2D eigenvalue weighted by molar-refractivity contribution is 0.770. The predicted molar refractivity (Wildman–Crippen MR) is 76.6 cm³/mol. The molecule has 3 heteroatoms. The van der Waals surface area contributed by atoms with Crippen molar-refractivity contribution in [1.82, 2.24) is 9.55 Å². The summed E-state index contributed by atoms with van der Waals surface area (Å²) in [6, 6.07) is 6.48. The van der Waals surface area contributed by atoms with Gasteiger partial charge in [-0.25, -0.2) is 4.98 Å². The highest BCUT2D eigenvalue weighted by Crippen LogP contribution is 2.20. The van der Waals surface area contributed by atoms with Crippen molar-refractivity contribution in [3.05, 3.63) is 41.7 Å². The number of thiol groups is 1. The van der Waals surface area contributed by atoms with Gasteiger partial charge in [-0.15, -0.1) is 0 Å². The molecular weight excluding hydrogens is 228 g/mol. The standard InChI is InChI=1S/C14H18N2S/c1-4-11-5-6-13-12(7-11)15-14(9-17)16(13)8-10(2)3/h5-7,17H,2,4,8-9H2,1,3H3. The van der Waals surface area contributed by atoms with E-state index in [9.17, 15) is 0 Å². The van der Waals surface area contributed by atoms with E-state index in [1.807, 2.05) is 6.92 Å². The molecule has 1 aromatic heterocycles. The number of aryl methyl sites for hydroxylation is 1. The molecule has 0 saturated heterocycles. The minimum absolute atomic E-state index is 0.656. The summed E-state index contributed by atoms with van der Waals surface area (Å²) in [4.78, 5) is 4.64. The Kier molecular flexibility index (Phi) is 3.57. The number of aromatic nitrogens is 2. The summed E-state index contributed by atoms with van der Waals surface area (Å²) in [7, 11) is 0. The van der Waals surface area contributed by atoms with Gasteiger partial charge in [0.2, 0.25) is 0 Å². The third kappa shape index (κ3) is 2.39. The molecular formula is C14H18N2S. The van der Waals surface area contributed by atoms with Crippen LogP contribution in [0.3, 0.4) is 0 Å². The first kappa shape index (κ1) is 12.2. The van der Waals surface area contributed by atoms with E-state index in [0.29, 0.717) is 5.75 Å². The average Bonchev–Trinajstić information content (AvgIpc) is 2.65. The summed E-state index contributed by atoms with van der Waals surface area (Å²) in [5.74, 6) is 1.67. The van der Waals surface area contributed by atoms with Gasteiger partial charge in [0.05, 0.1) is 11.0 Å². The molecule has 0 radical (unpaired) electrons. The fourth-order valence-electron chi connectivity index (χ4n) is 2.01. The molecule has 90 valence electrons. The molecule has 0 N–H and O–H groups in total. The molecule has 0 aliphatic rings. The lowest BCUT2D eigenvalue weighted by Gasteiger charge is -2.07. The smallest absolute Gasteiger partial charge is 0.119 e. The van der Waals surface area contributed by atoms with E-state index in [2.05, 4.69) is 53.9 Å². The van der Waals surface area contributed by atoms with Crippen LogP contribution in [0.5, 0.6) is 0 Å². The maximum atomic E-state index is 4.64. The van der Waals surface area contributed by atoms with Crippen LogP contribution < -0.4 is 0 Å². The number of hydrogen-bond donors (Lipinski definition) is 1. The van der Waals surface area contributed by atoms with Gasteiger partial charge < -0.3 is 4.57 Å². The Bertz CT molecular complexity index is 555. The average molecular weight is 246 g/mol. The molecule has 2 aromatic rings. The predicted octanol–water partition coefficient (Wildman–Crippen LogP) is 3.60. The second-order valence-corrected chi connectivity index (χ2v) is 4.72. The Morgan fingerprint density at radius 1 is 1.47 bits per heavy atom. The molecule has 1 heterocycles. The largest absolute Gasteiger partial charge is 0.323 e. The lowest BCUT2D eigenvalue weighted by atomic mass is 10.1. The van der Waals surface area contributed by atoms with E-state index in [1.165, 1.54) is 11.1 Å². The Balaban J connectivity index is 2.59. The van der Waals surface area contributed by atoms with Crippen LogP contribution in [0.4, 0.5) is 0 Å². The molecule has 17 heavy (non-hydrogen) atoms. The number of hydrogen-bond acceptors (Lipinski definition) is 2. The first-order chi connectivity index (χ1) is 8.15. The van der Waals surface area contributed by atoms with Gasteiger partial charge in [0.1, 0.15) is 5.82 Å². The number of nitrogens with zero attached hydrogens (tertiary/aromatic N) is 2. The maximum Gasteiger partial charge on any atom is 0.119 e. The van der Waals surface area contributed by atoms with Crippen LogP contribution in [0.15, 0.2) is 30.4 Å². The zero-order valence-corrected chi connectivity index (χ0v) is 11.3. The number of rotatable bonds is 4. The fourth-order valence-corrected chi connectivity index (χ4v) is 2.25. The quantitative estimate of drug-likeness (QED) is 0.644. The van der Waals surface area contributed by atoms with Gasteiger partial charge in [-0.2, -0.15) is 12.6 Å². The zero-order valence-electron chi connectivity index (χ0n) is 10.4. The molecule has 1 aromatic carbocycles. The highest BCUT2D eigenvalue weighted by Gasteiger charge is 2.09. The van der Waals surface area contributed by atoms with E-state index < -0.39 is 0 Å². The maximum absolute atomic E-state index is 4.64. The molecule has 0 aliphatic heterocycles. The van der Waals surface area contributed by atoms with E-state index in [1.54, 1.807) is 0 Å². The van der Waals surface area contributed by atoms with Gasteiger partial charge in [-0.05, 0) is 31.0 Å². The van der Waals surface area contributed by atoms with E-state index in [4.69, 9.17) is 0 Å². The minimum atomic E-state index is 0.656. The first-order valence-electron chi connectivity index (χ1n) is 5.89. The number of fused-ring (bicyclic) bond motifs is 1. The highest BCUT2D eigenvalue weighted by atomic mass is 32.1. The van der Waals surface area contributed by atoms with Crippen molar-refractivity contribution in [3.63, 3.8) is 0 Å². The third-order valence-corrected chi connectivity index (χ3v) is 3.15. The lowest BCUT2D eigenvalue weighted by Crippen LogP contribution is -2.02. The number of benzene rings is 1. The van der Waals surface area contributed by atoms with Crippen LogP contribution in [-0.2, 0) is 18.7 Å². The summed E-state index contributed by atoms with van der Waals surface area (Å²) in [6.45, 7) is 8.98. The van der Waals surface area contributed by atoms with Crippen molar-refractivity contribution in [3.8, 4) is 0 Å².